The van der Waals surface area contributed by atoms with Crippen LogP contribution in [0.2, 0.25) is 0 Å². The summed E-state index contributed by atoms with van der Waals surface area (Å²) in [5.74, 6) is -0.350. The van der Waals surface area contributed by atoms with Crippen LogP contribution in [0.25, 0.3) is 0 Å². The molecule has 0 bridgehead atoms. The first-order valence-corrected chi connectivity index (χ1v) is 9.20. The second-order valence-corrected chi connectivity index (χ2v) is 7.81. The van der Waals surface area contributed by atoms with Crippen molar-refractivity contribution in [3.8, 4) is 0 Å². The molecule has 0 aromatic heterocycles. The van der Waals surface area contributed by atoms with Gasteiger partial charge in [0.05, 0.1) is 18.0 Å². The molecular weight excluding hydrogens is 316 g/mol. The van der Waals surface area contributed by atoms with Gasteiger partial charge in [-0.15, -0.1) is 0 Å². The lowest BCUT2D eigenvalue weighted by Gasteiger charge is -2.27. The fourth-order valence-electron chi connectivity index (χ4n) is 2.24. The average molecular weight is 343 g/mol. The zero-order valence-electron chi connectivity index (χ0n) is 14.3. The van der Waals surface area contributed by atoms with Gasteiger partial charge < -0.3 is 10.5 Å². The Bertz CT molecular complexity index is 611. The highest BCUT2D eigenvalue weighted by Gasteiger charge is 2.34. The van der Waals surface area contributed by atoms with E-state index < -0.39 is 22.0 Å². The van der Waals surface area contributed by atoms with E-state index in [4.69, 9.17) is 4.74 Å². The molecule has 0 aliphatic rings. The average Bonchev–Trinajstić information content (AvgIpc) is 2.52. The Morgan fingerprint density at radius 2 is 1.83 bits per heavy atom. The van der Waals surface area contributed by atoms with Gasteiger partial charge in [-0.25, -0.2) is 8.42 Å². The molecule has 0 saturated carbocycles. The van der Waals surface area contributed by atoms with Gasteiger partial charge >= 0.3 is 5.97 Å². The third kappa shape index (κ3) is 5.02. The monoisotopic (exact) mass is 343 g/mol. The third-order valence-corrected chi connectivity index (χ3v) is 5.46. The second kappa shape index (κ2) is 8.42. The predicted octanol–water partition coefficient (Wildman–Crippen LogP) is 1.03. The molecule has 1 unspecified atom stereocenters. The normalized spacial score (nSPS) is 13.3. The van der Waals surface area contributed by atoms with Crippen molar-refractivity contribution in [3.05, 3.63) is 29.8 Å². The Morgan fingerprint density at radius 3 is 2.26 bits per heavy atom. The fourth-order valence-corrected chi connectivity index (χ4v) is 3.56. The number of carbonyl (C=O) groups is 1. The van der Waals surface area contributed by atoms with Crippen molar-refractivity contribution in [2.45, 2.75) is 44.7 Å². The number of nitrogens with zero attached hydrogens (tertiary/aromatic N) is 1. The molecule has 130 valence electrons. The van der Waals surface area contributed by atoms with E-state index in [0.29, 0.717) is 13.0 Å². The van der Waals surface area contributed by atoms with Crippen LogP contribution in [0.1, 0.15) is 32.8 Å². The van der Waals surface area contributed by atoms with E-state index in [2.05, 4.69) is 5.73 Å². The lowest BCUT2D eigenvalue weighted by molar-refractivity contribution is -0.386. The van der Waals surface area contributed by atoms with Crippen LogP contribution in [0.3, 0.4) is 0 Å². The van der Waals surface area contributed by atoms with Crippen LogP contribution < -0.4 is 5.73 Å². The number of sulfonamides is 1. The van der Waals surface area contributed by atoms with Gasteiger partial charge in [-0.2, -0.15) is 4.31 Å². The molecule has 1 aromatic rings. The molecule has 1 atom stereocenters. The first kappa shape index (κ1) is 19.6. The number of hydrogen-bond acceptors (Lipinski definition) is 4. The van der Waals surface area contributed by atoms with Crippen molar-refractivity contribution in [2.75, 3.05) is 13.7 Å². The van der Waals surface area contributed by atoms with Gasteiger partial charge in [0.25, 0.3) is 0 Å². The number of carbonyl (C=O) groups excluding carboxylic acids is 1. The third-order valence-electron chi connectivity index (χ3n) is 3.58. The fraction of sp³-hybridized carbons (Fsp3) is 0.562. The SMILES string of the molecule is CCOC(=O)C(CC(C)C)N(C)S(=O)(=O)c1ccc(C[NH3+])cc1. The summed E-state index contributed by atoms with van der Waals surface area (Å²) in [4.78, 5) is 12.3. The van der Waals surface area contributed by atoms with E-state index in [1.54, 1.807) is 31.2 Å². The van der Waals surface area contributed by atoms with E-state index in [9.17, 15) is 13.2 Å². The Kier molecular flexibility index (Phi) is 7.18. The van der Waals surface area contributed by atoms with Crippen molar-refractivity contribution < 1.29 is 23.7 Å². The van der Waals surface area contributed by atoms with Crippen LogP contribution in [0, 0.1) is 5.92 Å². The largest absolute Gasteiger partial charge is 0.465 e. The molecule has 1 aromatic carbocycles. The highest BCUT2D eigenvalue weighted by atomic mass is 32.2. The van der Waals surface area contributed by atoms with Crippen LogP contribution in [-0.2, 0) is 26.1 Å². The minimum Gasteiger partial charge on any atom is -0.465 e. The number of rotatable bonds is 8. The van der Waals surface area contributed by atoms with Gasteiger partial charge in [0.1, 0.15) is 6.04 Å². The van der Waals surface area contributed by atoms with Crippen LogP contribution in [0.4, 0.5) is 0 Å². The molecule has 0 heterocycles. The minimum atomic E-state index is -3.76. The van der Waals surface area contributed by atoms with Gasteiger partial charge in [-0.3, -0.25) is 4.79 Å². The van der Waals surface area contributed by atoms with Crippen molar-refractivity contribution in [2.24, 2.45) is 5.92 Å². The summed E-state index contributed by atoms with van der Waals surface area (Å²) in [7, 11) is -2.33. The standard InChI is InChI=1S/C16H26N2O4S/c1-5-22-16(19)15(10-12(2)3)18(4)23(20,21)14-8-6-13(11-17)7-9-14/h6-9,12,15H,5,10-11,17H2,1-4H3/p+1. The molecule has 1 rings (SSSR count). The summed E-state index contributed by atoms with van der Waals surface area (Å²) < 4.78 is 31.7. The number of hydrogen-bond donors (Lipinski definition) is 1. The Balaban J connectivity index is 3.12. The topological polar surface area (TPSA) is 91.3 Å². The van der Waals surface area contributed by atoms with E-state index in [1.165, 1.54) is 7.05 Å². The maximum Gasteiger partial charge on any atom is 0.324 e. The molecule has 7 heteroatoms. The van der Waals surface area contributed by atoms with E-state index in [-0.39, 0.29) is 17.4 Å². The Hall–Kier alpha value is -1.44. The second-order valence-electron chi connectivity index (χ2n) is 5.81. The maximum atomic E-state index is 12.8. The van der Waals surface area contributed by atoms with E-state index >= 15 is 0 Å². The number of ether oxygens (including phenoxy) is 1. The highest BCUT2D eigenvalue weighted by Crippen LogP contribution is 2.21. The van der Waals surface area contributed by atoms with Crippen molar-refractivity contribution in [1.29, 1.82) is 0 Å². The summed E-state index contributed by atoms with van der Waals surface area (Å²) >= 11 is 0. The summed E-state index contributed by atoms with van der Waals surface area (Å²) in [6, 6.07) is 5.73. The van der Waals surface area contributed by atoms with Crippen molar-refractivity contribution in [3.63, 3.8) is 0 Å². The number of quaternary nitrogens is 1. The quantitative estimate of drug-likeness (QED) is 0.714. The molecule has 3 N–H and O–H groups in total. The first-order valence-electron chi connectivity index (χ1n) is 7.76. The molecular formula is C16H27N2O4S+. The zero-order valence-corrected chi connectivity index (χ0v) is 15.1. The van der Waals surface area contributed by atoms with Crippen molar-refractivity contribution >= 4 is 16.0 Å². The van der Waals surface area contributed by atoms with Gasteiger partial charge in [0.15, 0.2) is 0 Å². The molecule has 6 nitrogen and oxygen atoms in total. The Morgan fingerprint density at radius 1 is 1.26 bits per heavy atom. The van der Waals surface area contributed by atoms with E-state index in [0.717, 1.165) is 9.87 Å². The lowest BCUT2D eigenvalue weighted by atomic mass is 10.0. The van der Waals surface area contributed by atoms with Crippen LogP contribution in [-0.4, -0.2) is 38.4 Å². The van der Waals surface area contributed by atoms with Crippen LogP contribution >= 0.6 is 0 Å². The number of likely N-dealkylation sites (N-methyl/N-ethyl adjacent to an activating group) is 1. The predicted molar refractivity (Wildman–Crippen MR) is 87.9 cm³/mol. The minimum absolute atomic E-state index is 0.162. The molecule has 0 aliphatic heterocycles. The number of benzene rings is 1. The first-order chi connectivity index (χ1) is 10.7. The Labute approximate surface area is 138 Å². The van der Waals surface area contributed by atoms with Crippen LogP contribution in [0.5, 0.6) is 0 Å². The summed E-state index contributed by atoms with van der Waals surface area (Å²) in [5.41, 5.74) is 4.72. The summed E-state index contributed by atoms with van der Waals surface area (Å²) in [5, 5.41) is 0. The van der Waals surface area contributed by atoms with Gasteiger partial charge in [0, 0.05) is 12.6 Å². The summed E-state index contributed by atoms with van der Waals surface area (Å²) in [6.45, 7) is 6.40. The van der Waals surface area contributed by atoms with Gasteiger partial charge in [0.2, 0.25) is 10.0 Å². The van der Waals surface area contributed by atoms with Crippen LogP contribution in [0.15, 0.2) is 29.2 Å². The van der Waals surface area contributed by atoms with E-state index in [1.807, 2.05) is 13.8 Å². The molecule has 0 fully saturated rings. The molecule has 0 amide bonds. The molecule has 23 heavy (non-hydrogen) atoms. The zero-order chi connectivity index (χ0) is 17.6. The molecule has 0 aliphatic carbocycles. The molecule has 0 saturated heterocycles. The van der Waals surface area contributed by atoms with Gasteiger partial charge in [-0.1, -0.05) is 26.0 Å². The van der Waals surface area contributed by atoms with Crippen molar-refractivity contribution in [1.82, 2.24) is 4.31 Å². The molecule has 0 radical (unpaired) electrons. The highest BCUT2D eigenvalue weighted by molar-refractivity contribution is 7.89. The summed E-state index contributed by atoms with van der Waals surface area (Å²) in [6.07, 6.45) is 0.408. The smallest absolute Gasteiger partial charge is 0.324 e. The lowest BCUT2D eigenvalue weighted by Crippen LogP contribution is -2.47. The molecule has 0 spiro atoms. The van der Waals surface area contributed by atoms with Gasteiger partial charge in [-0.05, 0) is 31.4 Å². The maximum absolute atomic E-state index is 12.8. The number of esters is 1.